The van der Waals surface area contributed by atoms with Gasteiger partial charge in [-0.25, -0.2) is 4.68 Å². The molecular formula is C16H22N2O2. The van der Waals surface area contributed by atoms with Gasteiger partial charge in [0.25, 0.3) is 0 Å². The van der Waals surface area contributed by atoms with Crippen molar-refractivity contribution in [1.29, 1.82) is 0 Å². The van der Waals surface area contributed by atoms with Crippen molar-refractivity contribution < 1.29 is 9.84 Å². The van der Waals surface area contributed by atoms with Crippen molar-refractivity contribution >= 4 is 0 Å². The second kappa shape index (κ2) is 5.67. The van der Waals surface area contributed by atoms with Crippen LogP contribution in [0.5, 0.6) is 5.88 Å². The molecule has 0 aliphatic rings. The molecule has 20 heavy (non-hydrogen) atoms. The Bertz CT molecular complexity index is 568. The first-order valence-corrected chi connectivity index (χ1v) is 6.81. The maximum absolute atomic E-state index is 9.32. The number of benzene rings is 1. The molecule has 108 valence electrons. The van der Waals surface area contributed by atoms with E-state index in [1.807, 2.05) is 35.0 Å². The molecule has 0 bridgehead atoms. The van der Waals surface area contributed by atoms with E-state index >= 15 is 0 Å². The van der Waals surface area contributed by atoms with Crippen LogP contribution in [0, 0.1) is 0 Å². The van der Waals surface area contributed by atoms with Gasteiger partial charge in [0.15, 0.2) is 0 Å². The Hall–Kier alpha value is -1.81. The number of aliphatic hydroxyl groups is 1. The third kappa shape index (κ3) is 2.70. The third-order valence-corrected chi connectivity index (χ3v) is 3.20. The van der Waals surface area contributed by atoms with Crippen molar-refractivity contribution in [3.8, 4) is 11.6 Å². The van der Waals surface area contributed by atoms with Gasteiger partial charge in [-0.2, -0.15) is 5.10 Å². The zero-order valence-corrected chi connectivity index (χ0v) is 12.6. The first-order valence-electron chi connectivity index (χ1n) is 6.81. The molecule has 0 unspecified atom stereocenters. The highest BCUT2D eigenvalue weighted by molar-refractivity contribution is 5.43. The van der Waals surface area contributed by atoms with Gasteiger partial charge in [0.1, 0.15) is 0 Å². The zero-order chi connectivity index (χ0) is 14.8. The minimum atomic E-state index is -0.0994. The van der Waals surface area contributed by atoms with Gasteiger partial charge in [0, 0.05) is 24.0 Å². The molecule has 0 radical (unpaired) electrons. The second-order valence-electron chi connectivity index (χ2n) is 5.81. The summed E-state index contributed by atoms with van der Waals surface area (Å²) in [5, 5.41) is 14.0. The van der Waals surface area contributed by atoms with Gasteiger partial charge in [0.2, 0.25) is 5.88 Å². The highest BCUT2D eigenvalue weighted by atomic mass is 16.5. The van der Waals surface area contributed by atoms with E-state index < -0.39 is 0 Å². The molecular weight excluding hydrogens is 252 g/mol. The van der Waals surface area contributed by atoms with E-state index in [1.54, 1.807) is 7.11 Å². The Morgan fingerprint density at radius 3 is 2.35 bits per heavy atom. The van der Waals surface area contributed by atoms with E-state index in [4.69, 9.17) is 9.84 Å². The van der Waals surface area contributed by atoms with Crippen LogP contribution in [0.2, 0.25) is 0 Å². The van der Waals surface area contributed by atoms with Crippen molar-refractivity contribution in [3.63, 3.8) is 0 Å². The number of nitrogens with zero attached hydrogens (tertiary/aromatic N) is 2. The van der Waals surface area contributed by atoms with Crippen LogP contribution < -0.4 is 4.74 Å². The number of aliphatic hydroxyl groups excluding tert-OH is 1. The first-order chi connectivity index (χ1) is 9.49. The Balaban J connectivity index is 2.64. The Morgan fingerprint density at radius 2 is 1.85 bits per heavy atom. The molecule has 0 atom stereocenters. The van der Waals surface area contributed by atoms with Crippen molar-refractivity contribution in [1.82, 2.24) is 9.78 Å². The first kappa shape index (κ1) is 14.6. The van der Waals surface area contributed by atoms with Gasteiger partial charge < -0.3 is 9.84 Å². The lowest BCUT2D eigenvalue weighted by molar-refractivity contribution is 0.295. The average Bonchev–Trinajstić information content (AvgIpc) is 2.79. The number of ether oxygens (including phenoxy) is 1. The summed E-state index contributed by atoms with van der Waals surface area (Å²) in [6.07, 6.45) is 0.544. The quantitative estimate of drug-likeness (QED) is 0.932. The van der Waals surface area contributed by atoms with E-state index in [-0.39, 0.29) is 12.0 Å². The molecule has 4 nitrogen and oxygen atoms in total. The molecule has 0 amide bonds. The molecule has 1 aromatic carbocycles. The minimum Gasteiger partial charge on any atom is -0.481 e. The molecule has 2 rings (SSSR count). The van der Waals surface area contributed by atoms with Crippen molar-refractivity contribution in [2.45, 2.75) is 32.6 Å². The summed E-state index contributed by atoms with van der Waals surface area (Å²) >= 11 is 0. The zero-order valence-electron chi connectivity index (χ0n) is 12.6. The van der Waals surface area contributed by atoms with Crippen molar-refractivity contribution in [3.05, 3.63) is 41.6 Å². The molecule has 0 saturated heterocycles. The third-order valence-electron chi connectivity index (χ3n) is 3.20. The lowest BCUT2D eigenvalue weighted by Gasteiger charge is -2.17. The molecule has 2 aromatic rings. The van der Waals surface area contributed by atoms with Gasteiger partial charge in [-0.15, -0.1) is 0 Å². The number of hydrogen-bond donors (Lipinski definition) is 1. The van der Waals surface area contributed by atoms with E-state index in [9.17, 15) is 5.11 Å². The standard InChI is InChI=1S/C16H22N2O2/c1-16(2,3)14-13(10-11-19)15(20-4)18(17-14)12-8-6-5-7-9-12/h5-9,19H,10-11H2,1-4H3. The SMILES string of the molecule is COc1c(CCO)c(C(C)(C)C)nn1-c1ccccc1. The van der Waals surface area contributed by atoms with E-state index in [0.29, 0.717) is 12.3 Å². The van der Waals surface area contributed by atoms with Gasteiger partial charge in [-0.3, -0.25) is 0 Å². The van der Waals surface area contributed by atoms with Crippen LogP contribution in [0.3, 0.4) is 0 Å². The van der Waals surface area contributed by atoms with Crippen molar-refractivity contribution in [2.24, 2.45) is 0 Å². The van der Waals surface area contributed by atoms with Crippen LogP contribution in [0.1, 0.15) is 32.0 Å². The fourth-order valence-corrected chi connectivity index (χ4v) is 2.33. The number of para-hydroxylation sites is 1. The van der Waals surface area contributed by atoms with Crippen molar-refractivity contribution in [2.75, 3.05) is 13.7 Å². The number of aromatic nitrogens is 2. The van der Waals surface area contributed by atoms with Gasteiger partial charge in [-0.05, 0) is 12.1 Å². The Labute approximate surface area is 120 Å². The Kier molecular flexibility index (Phi) is 4.14. The molecule has 0 aliphatic heterocycles. The highest BCUT2D eigenvalue weighted by Gasteiger charge is 2.27. The summed E-state index contributed by atoms with van der Waals surface area (Å²) < 4.78 is 7.36. The molecule has 1 heterocycles. The summed E-state index contributed by atoms with van der Waals surface area (Å²) in [4.78, 5) is 0. The predicted octanol–water partition coefficient (Wildman–Crippen LogP) is 2.71. The van der Waals surface area contributed by atoms with Crippen LogP contribution in [-0.2, 0) is 11.8 Å². The summed E-state index contributed by atoms with van der Waals surface area (Å²) in [6.45, 7) is 6.43. The summed E-state index contributed by atoms with van der Waals surface area (Å²) in [7, 11) is 1.64. The predicted molar refractivity (Wildman–Crippen MR) is 79.6 cm³/mol. The van der Waals surface area contributed by atoms with Crippen LogP contribution in [0.25, 0.3) is 5.69 Å². The summed E-state index contributed by atoms with van der Waals surface area (Å²) in [5.74, 6) is 0.704. The maximum atomic E-state index is 9.32. The number of rotatable bonds is 4. The van der Waals surface area contributed by atoms with Crippen LogP contribution in [-0.4, -0.2) is 28.6 Å². The molecule has 1 N–H and O–H groups in total. The van der Waals surface area contributed by atoms with Crippen LogP contribution in [0.15, 0.2) is 30.3 Å². The van der Waals surface area contributed by atoms with E-state index in [2.05, 4.69) is 20.8 Å². The average molecular weight is 274 g/mol. The van der Waals surface area contributed by atoms with E-state index in [1.165, 1.54) is 0 Å². The number of methoxy groups -OCH3 is 1. The molecule has 0 spiro atoms. The molecule has 0 aliphatic carbocycles. The van der Waals surface area contributed by atoms with E-state index in [0.717, 1.165) is 16.9 Å². The van der Waals surface area contributed by atoms with Crippen LogP contribution in [0.4, 0.5) is 0 Å². The topological polar surface area (TPSA) is 47.3 Å². The fraction of sp³-hybridized carbons (Fsp3) is 0.438. The highest BCUT2D eigenvalue weighted by Crippen LogP contribution is 2.33. The molecule has 0 fully saturated rings. The molecule has 1 aromatic heterocycles. The number of hydrogen-bond acceptors (Lipinski definition) is 3. The normalized spacial score (nSPS) is 11.7. The van der Waals surface area contributed by atoms with Gasteiger partial charge in [-0.1, -0.05) is 39.0 Å². The minimum absolute atomic E-state index is 0.0833. The van der Waals surface area contributed by atoms with Crippen LogP contribution >= 0.6 is 0 Å². The largest absolute Gasteiger partial charge is 0.481 e. The lowest BCUT2D eigenvalue weighted by Crippen LogP contribution is -2.15. The summed E-state index contributed by atoms with van der Waals surface area (Å²) in [5.41, 5.74) is 2.80. The molecule has 0 saturated carbocycles. The lowest BCUT2D eigenvalue weighted by atomic mass is 9.88. The van der Waals surface area contributed by atoms with Gasteiger partial charge >= 0.3 is 0 Å². The van der Waals surface area contributed by atoms with Gasteiger partial charge in [0.05, 0.1) is 18.5 Å². The monoisotopic (exact) mass is 274 g/mol. The smallest absolute Gasteiger partial charge is 0.220 e. The fourth-order valence-electron chi connectivity index (χ4n) is 2.33. The molecule has 4 heteroatoms. The Morgan fingerprint density at radius 1 is 1.20 bits per heavy atom. The summed E-state index contributed by atoms with van der Waals surface area (Å²) in [6, 6.07) is 9.89. The maximum Gasteiger partial charge on any atom is 0.220 e. The second-order valence-corrected chi connectivity index (χ2v) is 5.81.